The van der Waals surface area contributed by atoms with Gasteiger partial charge in [-0.1, -0.05) is 6.07 Å². The molecular weight excluding hydrogens is 415 g/mol. The summed E-state index contributed by atoms with van der Waals surface area (Å²) in [6, 6.07) is 8.42. The van der Waals surface area contributed by atoms with Crippen molar-refractivity contribution in [2.24, 2.45) is 0 Å². The second-order valence-corrected chi connectivity index (χ2v) is 8.06. The molecule has 5 nitrogen and oxygen atoms in total. The van der Waals surface area contributed by atoms with Crippen LogP contribution in [0.3, 0.4) is 0 Å². The van der Waals surface area contributed by atoms with Crippen molar-refractivity contribution < 1.29 is 21.6 Å². The largest absolute Gasteiger partial charge is 0.417 e. The van der Waals surface area contributed by atoms with E-state index in [1.807, 2.05) is 0 Å². The average molecular weight is 432 g/mol. The fraction of sp³-hybridized carbons (Fsp3) is 0.278. The van der Waals surface area contributed by atoms with Gasteiger partial charge >= 0.3 is 6.18 Å². The molecule has 0 radical (unpaired) electrons. The number of benzene rings is 2. The molecule has 3 N–H and O–H groups in total. The Labute approximate surface area is 166 Å². The van der Waals surface area contributed by atoms with Gasteiger partial charge in [0.1, 0.15) is 0 Å². The predicted octanol–water partition coefficient (Wildman–Crippen LogP) is 3.94. The van der Waals surface area contributed by atoms with Crippen LogP contribution in [0.4, 0.5) is 18.9 Å². The minimum atomic E-state index is -4.83. The molecule has 0 aliphatic heterocycles. The van der Waals surface area contributed by atoms with E-state index in [4.69, 9.17) is 11.0 Å². The molecule has 2 aromatic rings. The summed E-state index contributed by atoms with van der Waals surface area (Å²) in [7, 11) is -4.21. The number of anilines is 1. The van der Waals surface area contributed by atoms with Gasteiger partial charge in [-0.05, 0) is 60.7 Å². The van der Waals surface area contributed by atoms with Crippen LogP contribution in [0, 0.1) is 11.3 Å². The molecule has 1 aliphatic carbocycles. The molecule has 0 fully saturated rings. The molecule has 3 rings (SSSR count). The van der Waals surface area contributed by atoms with E-state index >= 15 is 0 Å². The summed E-state index contributed by atoms with van der Waals surface area (Å²) in [5.74, 6) is 0. The van der Waals surface area contributed by atoms with Gasteiger partial charge in [-0.3, -0.25) is 0 Å². The van der Waals surface area contributed by atoms with E-state index in [1.54, 1.807) is 18.2 Å². The smallest absolute Gasteiger partial charge is 0.399 e. The Morgan fingerprint density at radius 2 is 1.89 bits per heavy atom. The third-order valence-corrected chi connectivity index (χ3v) is 5.98. The summed E-state index contributed by atoms with van der Waals surface area (Å²) in [4.78, 5) is -0.531. The monoisotopic (exact) mass is 431 g/mol. The van der Waals surface area contributed by atoms with Gasteiger partial charge < -0.3 is 5.73 Å². The standard InChI is InChI=1S/C18H16F3N3O2S.ClH/c19-18(20,21)16-9-14(6-4-12(16)10-22)27(25,26)24-17-3-1-2-11-8-13(23)5-7-15(11)17;/h4-9,17,24H,1-3,23H2;1H. The number of aryl methyl sites for hydroxylation is 1. The molecule has 0 amide bonds. The molecule has 0 spiro atoms. The Morgan fingerprint density at radius 3 is 2.54 bits per heavy atom. The molecule has 10 heteroatoms. The molecule has 0 bridgehead atoms. The number of hydrogen-bond donors (Lipinski definition) is 2. The van der Waals surface area contributed by atoms with Crippen LogP contribution in [-0.4, -0.2) is 8.42 Å². The van der Waals surface area contributed by atoms with Crippen molar-refractivity contribution in [1.29, 1.82) is 5.26 Å². The van der Waals surface area contributed by atoms with Crippen molar-refractivity contribution in [3.8, 4) is 6.07 Å². The molecule has 1 atom stereocenters. The van der Waals surface area contributed by atoms with E-state index in [2.05, 4.69) is 4.72 Å². The highest BCUT2D eigenvalue weighted by atomic mass is 35.5. The van der Waals surface area contributed by atoms with E-state index in [1.165, 1.54) is 6.07 Å². The summed E-state index contributed by atoms with van der Waals surface area (Å²) in [5.41, 5.74) is 6.12. The lowest BCUT2D eigenvalue weighted by atomic mass is 9.88. The number of nitrogen functional groups attached to an aromatic ring is 1. The second-order valence-electron chi connectivity index (χ2n) is 6.34. The molecule has 0 aromatic heterocycles. The zero-order valence-corrected chi connectivity index (χ0v) is 16.1. The van der Waals surface area contributed by atoms with E-state index in [9.17, 15) is 21.6 Å². The fourth-order valence-electron chi connectivity index (χ4n) is 3.23. The van der Waals surface area contributed by atoms with Crippen LogP contribution in [0.25, 0.3) is 0 Å². The molecule has 0 heterocycles. The first-order chi connectivity index (χ1) is 12.6. The van der Waals surface area contributed by atoms with Crippen molar-refractivity contribution in [3.63, 3.8) is 0 Å². The van der Waals surface area contributed by atoms with Crippen LogP contribution < -0.4 is 10.5 Å². The number of nitrogens with zero attached hydrogens (tertiary/aromatic N) is 1. The van der Waals surface area contributed by atoms with Crippen molar-refractivity contribution in [2.45, 2.75) is 36.4 Å². The van der Waals surface area contributed by atoms with E-state index < -0.39 is 38.3 Å². The number of hydrogen-bond acceptors (Lipinski definition) is 4. The Morgan fingerprint density at radius 1 is 1.18 bits per heavy atom. The first kappa shape index (κ1) is 22.0. The van der Waals surface area contributed by atoms with E-state index in [0.29, 0.717) is 18.2 Å². The third kappa shape index (κ3) is 4.41. The Hall–Kier alpha value is -2.28. The first-order valence-corrected chi connectivity index (χ1v) is 9.62. The SMILES string of the molecule is Cl.N#Cc1ccc(S(=O)(=O)NC2CCCc3cc(N)ccc32)cc1C(F)(F)F. The van der Waals surface area contributed by atoms with E-state index in [-0.39, 0.29) is 12.4 Å². The molecule has 0 saturated heterocycles. The highest BCUT2D eigenvalue weighted by Crippen LogP contribution is 2.35. The molecular formula is C18H17ClF3N3O2S. The lowest BCUT2D eigenvalue weighted by Gasteiger charge is -2.26. The minimum absolute atomic E-state index is 0. The molecule has 0 saturated carbocycles. The van der Waals surface area contributed by atoms with Gasteiger partial charge in [-0.15, -0.1) is 12.4 Å². The Kier molecular flexibility index (Phi) is 6.28. The minimum Gasteiger partial charge on any atom is -0.399 e. The summed E-state index contributed by atoms with van der Waals surface area (Å²) in [6.45, 7) is 0. The lowest BCUT2D eigenvalue weighted by molar-refractivity contribution is -0.137. The summed E-state index contributed by atoms with van der Waals surface area (Å²) in [5, 5.41) is 8.84. The number of fused-ring (bicyclic) bond motifs is 1. The number of nitriles is 1. The summed E-state index contributed by atoms with van der Waals surface area (Å²) < 4.78 is 67.2. The topological polar surface area (TPSA) is 96.0 Å². The van der Waals surface area contributed by atoms with Crippen molar-refractivity contribution in [2.75, 3.05) is 5.73 Å². The average Bonchev–Trinajstić information content (AvgIpc) is 2.60. The summed E-state index contributed by atoms with van der Waals surface area (Å²) in [6.07, 6.45) is -2.82. The van der Waals surface area contributed by atoms with Crippen LogP contribution in [0.5, 0.6) is 0 Å². The van der Waals surface area contributed by atoms with Crippen molar-refractivity contribution >= 4 is 28.1 Å². The Balaban J connectivity index is 0.00000280. The van der Waals surface area contributed by atoms with Crippen LogP contribution in [0.2, 0.25) is 0 Å². The maximum atomic E-state index is 13.1. The van der Waals surface area contributed by atoms with Crippen molar-refractivity contribution in [3.05, 3.63) is 58.7 Å². The highest BCUT2D eigenvalue weighted by molar-refractivity contribution is 7.89. The number of halogens is 4. The normalized spacial score (nSPS) is 16.6. The zero-order valence-electron chi connectivity index (χ0n) is 14.5. The van der Waals surface area contributed by atoms with Gasteiger partial charge in [0.25, 0.3) is 0 Å². The molecule has 150 valence electrons. The van der Waals surface area contributed by atoms with Crippen molar-refractivity contribution in [1.82, 2.24) is 4.72 Å². The van der Waals surface area contributed by atoms with Gasteiger partial charge in [0, 0.05) is 11.7 Å². The van der Waals surface area contributed by atoms with Gasteiger partial charge in [0.15, 0.2) is 0 Å². The van der Waals surface area contributed by atoms with E-state index in [0.717, 1.165) is 36.1 Å². The van der Waals surface area contributed by atoms with Crippen LogP contribution in [0.1, 0.15) is 41.1 Å². The number of alkyl halides is 3. The zero-order chi connectivity index (χ0) is 19.8. The van der Waals surface area contributed by atoms with Crippen LogP contribution >= 0.6 is 12.4 Å². The number of rotatable bonds is 3. The van der Waals surface area contributed by atoms with Gasteiger partial charge in [-0.25, -0.2) is 13.1 Å². The maximum Gasteiger partial charge on any atom is 0.417 e. The highest BCUT2D eigenvalue weighted by Gasteiger charge is 2.35. The molecule has 2 aromatic carbocycles. The Bertz CT molecular complexity index is 1030. The van der Waals surface area contributed by atoms with Gasteiger partial charge in [-0.2, -0.15) is 18.4 Å². The predicted molar refractivity (Wildman–Crippen MR) is 100 cm³/mol. The van der Waals surface area contributed by atoms with Gasteiger partial charge in [0.2, 0.25) is 10.0 Å². The summed E-state index contributed by atoms with van der Waals surface area (Å²) >= 11 is 0. The number of nitrogens with one attached hydrogen (secondary N) is 1. The van der Waals surface area contributed by atoms with Crippen LogP contribution in [-0.2, 0) is 22.6 Å². The quantitative estimate of drug-likeness (QED) is 0.719. The fourth-order valence-corrected chi connectivity index (χ4v) is 4.51. The van der Waals surface area contributed by atoms with Crippen LogP contribution in [0.15, 0.2) is 41.3 Å². The lowest BCUT2D eigenvalue weighted by Crippen LogP contribution is -2.31. The first-order valence-electron chi connectivity index (χ1n) is 8.14. The third-order valence-electron chi connectivity index (χ3n) is 4.51. The second kappa shape index (κ2) is 7.99. The number of nitrogens with two attached hydrogens (primary N) is 1. The van der Waals surface area contributed by atoms with Gasteiger partial charge in [0.05, 0.1) is 22.1 Å². The molecule has 28 heavy (non-hydrogen) atoms. The molecule has 1 unspecified atom stereocenters. The number of sulfonamides is 1. The molecule has 1 aliphatic rings. The maximum absolute atomic E-state index is 13.1.